The van der Waals surface area contributed by atoms with Gasteiger partial charge in [0, 0.05) is 18.4 Å². The van der Waals surface area contributed by atoms with Crippen molar-refractivity contribution in [2.75, 3.05) is 6.61 Å². The van der Waals surface area contributed by atoms with E-state index >= 15 is 0 Å². The maximum absolute atomic E-state index is 14.0. The third-order valence-corrected chi connectivity index (χ3v) is 4.00. The Bertz CT molecular complexity index is 446. The Morgan fingerprint density at radius 1 is 1.44 bits per heavy atom. The minimum absolute atomic E-state index is 0.330. The molecule has 1 aromatic rings. The van der Waals surface area contributed by atoms with Gasteiger partial charge in [-0.05, 0) is 26.3 Å². The fourth-order valence-electron chi connectivity index (χ4n) is 2.68. The van der Waals surface area contributed by atoms with Crippen molar-refractivity contribution in [1.29, 1.82) is 0 Å². The molecule has 0 aromatic heterocycles. The molecule has 1 aliphatic heterocycles. The number of aryl methyl sites for hydroxylation is 1. The molecule has 1 heterocycles. The average molecular weight is 252 g/mol. The summed E-state index contributed by atoms with van der Waals surface area (Å²) in [6.07, 6.45) is 1.70. The topological polar surface area (TPSA) is 29.5 Å². The van der Waals surface area contributed by atoms with Gasteiger partial charge in [-0.2, -0.15) is 0 Å². The predicted molar refractivity (Wildman–Crippen MR) is 68.9 cm³/mol. The van der Waals surface area contributed by atoms with E-state index in [-0.39, 0.29) is 11.4 Å². The molecule has 0 spiro atoms. The van der Waals surface area contributed by atoms with Gasteiger partial charge >= 0.3 is 0 Å². The quantitative estimate of drug-likeness (QED) is 0.875. The second-order valence-corrected chi connectivity index (χ2v) is 5.59. The third-order valence-electron chi connectivity index (χ3n) is 4.00. The first-order valence-corrected chi connectivity index (χ1v) is 6.51. The Hall–Kier alpha value is -0.930. The zero-order chi connectivity index (χ0) is 13.4. The largest absolute Gasteiger partial charge is 0.385 e. The first kappa shape index (κ1) is 13.5. The van der Waals surface area contributed by atoms with Gasteiger partial charge in [-0.3, -0.25) is 0 Å². The monoisotopic (exact) mass is 252 g/mol. The smallest absolute Gasteiger partial charge is 0.129 e. The summed E-state index contributed by atoms with van der Waals surface area (Å²) in [5, 5.41) is 10.8. The highest BCUT2D eigenvalue weighted by Crippen LogP contribution is 2.41. The summed E-state index contributed by atoms with van der Waals surface area (Å²) < 4.78 is 19.7. The van der Waals surface area contributed by atoms with Crippen molar-refractivity contribution in [3.63, 3.8) is 0 Å². The van der Waals surface area contributed by atoms with E-state index in [1.807, 2.05) is 20.8 Å². The lowest BCUT2D eigenvalue weighted by molar-refractivity contribution is -0.158. The molecule has 0 bridgehead atoms. The van der Waals surface area contributed by atoms with E-state index in [4.69, 9.17) is 4.74 Å². The van der Waals surface area contributed by atoms with Crippen LogP contribution in [-0.2, 0) is 10.3 Å². The second-order valence-electron chi connectivity index (χ2n) is 5.59. The second kappa shape index (κ2) is 4.63. The molecule has 0 saturated carbocycles. The third kappa shape index (κ3) is 2.43. The maximum atomic E-state index is 14.0. The molecule has 0 amide bonds. The molecule has 100 valence electrons. The van der Waals surface area contributed by atoms with Crippen LogP contribution in [0.3, 0.4) is 0 Å². The lowest BCUT2D eigenvalue weighted by Gasteiger charge is -2.43. The van der Waals surface area contributed by atoms with Gasteiger partial charge < -0.3 is 9.84 Å². The minimum atomic E-state index is -1.11. The van der Waals surface area contributed by atoms with Gasteiger partial charge in [0.25, 0.3) is 0 Å². The lowest BCUT2D eigenvalue weighted by Crippen LogP contribution is -2.45. The standard InChI is InChI=1S/C15H21FO2/c1-4-14(3)10-15(17,7-8-18-14)12-9-11(2)5-6-13(12)16/h5-6,9,17H,4,7-8,10H2,1-3H3. The summed E-state index contributed by atoms with van der Waals surface area (Å²) >= 11 is 0. The highest BCUT2D eigenvalue weighted by atomic mass is 19.1. The van der Waals surface area contributed by atoms with Crippen LogP contribution >= 0.6 is 0 Å². The van der Waals surface area contributed by atoms with E-state index < -0.39 is 5.60 Å². The summed E-state index contributed by atoms with van der Waals surface area (Å²) in [7, 11) is 0. The van der Waals surface area contributed by atoms with Crippen molar-refractivity contribution in [1.82, 2.24) is 0 Å². The van der Waals surface area contributed by atoms with Gasteiger partial charge in [0.1, 0.15) is 5.82 Å². The molecule has 2 rings (SSSR count). The van der Waals surface area contributed by atoms with Crippen LogP contribution < -0.4 is 0 Å². The zero-order valence-corrected chi connectivity index (χ0v) is 11.3. The summed E-state index contributed by atoms with van der Waals surface area (Å²) in [6.45, 7) is 6.38. The molecule has 2 nitrogen and oxygen atoms in total. The molecule has 18 heavy (non-hydrogen) atoms. The number of benzene rings is 1. The lowest BCUT2D eigenvalue weighted by atomic mass is 9.77. The first-order valence-electron chi connectivity index (χ1n) is 6.51. The average Bonchev–Trinajstić information content (AvgIpc) is 2.32. The molecule has 0 radical (unpaired) electrons. The van der Waals surface area contributed by atoms with Crippen molar-refractivity contribution in [2.45, 2.75) is 51.2 Å². The Labute approximate surface area is 108 Å². The Morgan fingerprint density at radius 2 is 2.17 bits per heavy atom. The van der Waals surface area contributed by atoms with Crippen molar-refractivity contribution < 1.29 is 14.2 Å². The maximum Gasteiger partial charge on any atom is 0.129 e. The van der Waals surface area contributed by atoms with Crippen molar-refractivity contribution in [3.8, 4) is 0 Å². The van der Waals surface area contributed by atoms with Crippen molar-refractivity contribution in [2.24, 2.45) is 0 Å². The molecular formula is C15H21FO2. The molecular weight excluding hydrogens is 231 g/mol. The van der Waals surface area contributed by atoms with Gasteiger partial charge in [0.2, 0.25) is 0 Å². The highest BCUT2D eigenvalue weighted by Gasteiger charge is 2.43. The van der Waals surface area contributed by atoms with Crippen LogP contribution in [0.1, 0.15) is 44.2 Å². The summed E-state index contributed by atoms with van der Waals surface area (Å²) in [5.41, 5.74) is -0.113. The molecule has 1 N–H and O–H groups in total. The SMILES string of the molecule is CCC1(C)CC(O)(c2cc(C)ccc2F)CCO1. The predicted octanol–water partition coefficient (Wildman–Crippen LogP) is 3.30. The fourth-order valence-corrected chi connectivity index (χ4v) is 2.68. The van der Waals surface area contributed by atoms with E-state index in [0.717, 1.165) is 12.0 Å². The number of rotatable bonds is 2. The van der Waals surface area contributed by atoms with Crippen LogP contribution in [0.2, 0.25) is 0 Å². The van der Waals surface area contributed by atoms with Crippen LogP contribution in [0.15, 0.2) is 18.2 Å². The molecule has 1 saturated heterocycles. The molecule has 1 aliphatic rings. The van der Waals surface area contributed by atoms with Gasteiger partial charge in [-0.1, -0.05) is 24.6 Å². The van der Waals surface area contributed by atoms with E-state index in [1.54, 1.807) is 12.1 Å². The molecule has 1 aromatic carbocycles. The number of hydrogen-bond donors (Lipinski definition) is 1. The normalized spacial score (nSPS) is 32.5. The van der Waals surface area contributed by atoms with Gasteiger partial charge in [0.05, 0.1) is 17.8 Å². The van der Waals surface area contributed by atoms with E-state index in [1.165, 1.54) is 6.07 Å². The van der Waals surface area contributed by atoms with Crippen LogP contribution in [0, 0.1) is 12.7 Å². The van der Waals surface area contributed by atoms with Gasteiger partial charge in [0.15, 0.2) is 0 Å². The van der Waals surface area contributed by atoms with Crippen LogP contribution in [-0.4, -0.2) is 17.3 Å². The highest BCUT2D eigenvalue weighted by molar-refractivity contribution is 5.30. The van der Waals surface area contributed by atoms with E-state index in [2.05, 4.69) is 0 Å². The number of hydrogen-bond acceptors (Lipinski definition) is 2. The zero-order valence-electron chi connectivity index (χ0n) is 11.3. The van der Waals surface area contributed by atoms with Crippen molar-refractivity contribution >= 4 is 0 Å². The molecule has 1 fully saturated rings. The van der Waals surface area contributed by atoms with Crippen LogP contribution in [0.5, 0.6) is 0 Å². The molecule has 2 atom stereocenters. The number of aliphatic hydroxyl groups is 1. The summed E-state index contributed by atoms with van der Waals surface area (Å²) in [5.74, 6) is -0.330. The number of ether oxygens (including phenoxy) is 1. The molecule has 0 aliphatic carbocycles. The summed E-state index contributed by atoms with van der Waals surface area (Å²) in [6, 6.07) is 4.90. The molecule has 3 heteroatoms. The van der Waals surface area contributed by atoms with Gasteiger partial charge in [-0.25, -0.2) is 4.39 Å². The fraction of sp³-hybridized carbons (Fsp3) is 0.600. The Balaban J connectivity index is 2.38. The van der Waals surface area contributed by atoms with E-state index in [0.29, 0.717) is 25.0 Å². The first-order chi connectivity index (χ1) is 8.38. The Morgan fingerprint density at radius 3 is 2.83 bits per heavy atom. The van der Waals surface area contributed by atoms with E-state index in [9.17, 15) is 9.50 Å². The minimum Gasteiger partial charge on any atom is -0.385 e. The Kier molecular flexibility index (Phi) is 3.47. The van der Waals surface area contributed by atoms with Crippen molar-refractivity contribution in [3.05, 3.63) is 35.1 Å². The van der Waals surface area contributed by atoms with Crippen LogP contribution in [0.25, 0.3) is 0 Å². The van der Waals surface area contributed by atoms with Gasteiger partial charge in [-0.15, -0.1) is 0 Å². The van der Waals surface area contributed by atoms with Crippen LogP contribution in [0.4, 0.5) is 4.39 Å². The molecule has 2 unspecified atom stereocenters. The number of halogens is 1. The summed E-state index contributed by atoms with van der Waals surface area (Å²) in [4.78, 5) is 0.